The molecule has 1 heterocycles. The van der Waals surface area contributed by atoms with Crippen LogP contribution < -0.4 is 10.1 Å². The zero-order valence-electron chi connectivity index (χ0n) is 14.8. The normalized spacial score (nSPS) is 12.0. The Bertz CT molecular complexity index is 767. The summed E-state index contributed by atoms with van der Waals surface area (Å²) < 4.78 is 6.87. The van der Waals surface area contributed by atoms with Gasteiger partial charge in [-0.3, -0.25) is 4.79 Å². The second-order valence-electron chi connectivity index (χ2n) is 6.31. The SMILES string of the molecule is COc1ccc(C)cc1-n1ccc(C(=O)N[C@H](CC(C)C)C(=O)O)n1. The lowest BCUT2D eigenvalue weighted by Gasteiger charge is -2.15. The van der Waals surface area contributed by atoms with Crippen molar-refractivity contribution < 1.29 is 19.4 Å². The average Bonchev–Trinajstić information content (AvgIpc) is 3.03. The molecule has 2 aromatic rings. The van der Waals surface area contributed by atoms with E-state index in [2.05, 4.69) is 10.4 Å². The average molecular weight is 345 g/mol. The first kappa shape index (κ1) is 18.5. The summed E-state index contributed by atoms with van der Waals surface area (Å²) in [5, 5.41) is 16.0. The first-order chi connectivity index (χ1) is 11.8. The van der Waals surface area contributed by atoms with Crippen LogP contribution in [0.5, 0.6) is 5.75 Å². The Balaban J connectivity index is 2.22. The maximum absolute atomic E-state index is 12.3. The first-order valence-electron chi connectivity index (χ1n) is 8.06. The standard InChI is InChI=1S/C18H23N3O4/c1-11(2)9-14(18(23)24)19-17(22)13-7-8-21(20-13)15-10-12(3)5-6-16(15)25-4/h5-8,10-11,14H,9H2,1-4H3,(H,19,22)(H,23,24)/t14-/m1/s1. The van der Waals surface area contributed by atoms with Gasteiger partial charge in [-0.2, -0.15) is 5.10 Å². The van der Waals surface area contributed by atoms with Crippen LogP contribution in [0.2, 0.25) is 0 Å². The third-order valence-electron chi connectivity index (χ3n) is 3.71. The molecule has 0 fully saturated rings. The molecule has 1 aromatic heterocycles. The molecule has 0 aliphatic heterocycles. The van der Waals surface area contributed by atoms with Crippen LogP contribution in [0.4, 0.5) is 0 Å². The van der Waals surface area contributed by atoms with Crippen molar-refractivity contribution in [2.24, 2.45) is 5.92 Å². The molecule has 0 spiro atoms. The van der Waals surface area contributed by atoms with E-state index in [-0.39, 0.29) is 11.6 Å². The van der Waals surface area contributed by atoms with E-state index in [0.29, 0.717) is 17.9 Å². The van der Waals surface area contributed by atoms with Crippen LogP contribution in [-0.2, 0) is 4.79 Å². The van der Waals surface area contributed by atoms with E-state index < -0.39 is 17.9 Å². The maximum Gasteiger partial charge on any atom is 0.326 e. The summed E-state index contributed by atoms with van der Waals surface area (Å²) in [6.45, 7) is 5.76. The summed E-state index contributed by atoms with van der Waals surface area (Å²) in [6, 6.07) is 6.25. The number of aromatic nitrogens is 2. The van der Waals surface area contributed by atoms with E-state index in [1.165, 1.54) is 0 Å². The summed E-state index contributed by atoms with van der Waals surface area (Å²) in [5.74, 6) is -0.792. The second kappa shape index (κ2) is 7.83. The molecule has 25 heavy (non-hydrogen) atoms. The molecule has 2 rings (SSSR count). The lowest BCUT2D eigenvalue weighted by atomic mass is 10.0. The van der Waals surface area contributed by atoms with Gasteiger partial charge in [-0.15, -0.1) is 0 Å². The van der Waals surface area contributed by atoms with Crippen molar-refractivity contribution in [2.45, 2.75) is 33.2 Å². The van der Waals surface area contributed by atoms with Gasteiger partial charge in [-0.25, -0.2) is 9.48 Å². The lowest BCUT2D eigenvalue weighted by Crippen LogP contribution is -2.41. The van der Waals surface area contributed by atoms with Crippen molar-refractivity contribution in [3.63, 3.8) is 0 Å². The number of nitrogens with zero attached hydrogens (tertiary/aromatic N) is 2. The molecule has 2 N–H and O–H groups in total. The Kier molecular flexibility index (Phi) is 5.80. The third-order valence-corrected chi connectivity index (χ3v) is 3.71. The number of aryl methyl sites for hydroxylation is 1. The van der Waals surface area contributed by atoms with Crippen LogP contribution in [0.3, 0.4) is 0 Å². The molecule has 1 aromatic carbocycles. The molecule has 0 aliphatic rings. The predicted octanol–water partition coefficient (Wildman–Crippen LogP) is 2.42. The highest BCUT2D eigenvalue weighted by atomic mass is 16.5. The first-order valence-corrected chi connectivity index (χ1v) is 8.06. The highest BCUT2D eigenvalue weighted by Gasteiger charge is 2.23. The predicted molar refractivity (Wildman–Crippen MR) is 93.2 cm³/mol. The van der Waals surface area contributed by atoms with Gasteiger partial charge in [0.05, 0.1) is 7.11 Å². The number of aliphatic carboxylic acids is 1. The fourth-order valence-electron chi connectivity index (χ4n) is 2.48. The van der Waals surface area contributed by atoms with Crippen LogP contribution in [0.15, 0.2) is 30.5 Å². The van der Waals surface area contributed by atoms with Gasteiger partial charge in [-0.05, 0) is 43.0 Å². The third kappa shape index (κ3) is 4.59. The zero-order chi connectivity index (χ0) is 18.6. The Labute approximate surface area is 146 Å². The van der Waals surface area contributed by atoms with Crippen molar-refractivity contribution in [1.29, 1.82) is 0 Å². The van der Waals surface area contributed by atoms with Gasteiger partial charge in [0.25, 0.3) is 5.91 Å². The van der Waals surface area contributed by atoms with E-state index in [0.717, 1.165) is 5.56 Å². The van der Waals surface area contributed by atoms with E-state index in [1.54, 1.807) is 24.1 Å². The number of methoxy groups -OCH3 is 1. The topological polar surface area (TPSA) is 93.5 Å². The number of carbonyl (C=O) groups excluding carboxylic acids is 1. The largest absolute Gasteiger partial charge is 0.494 e. The summed E-state index contributed by atoms with van der Waals surface area (Å²) in [6.07, 6.45) is 2.00. The molecule has 1 amide bonds. The highest BCUT2D eigenvalue weighted by molar-refractivity contribution is 5.94. The van der Waals surface area contributed by atoms with Crippen molar-refractivity contribution in [2.75, 3.05) is 7.11 Å². The molecule has 7 nitrogen and oxygen atoms in total. The van der Waals surface area contributed by atoms with Crippen molar-refractivity contribution >= 4 is 11.9 Å². The quantitative estimate of drug-likeness (QED) is 0.804. The molecular weight excluding hydrogens is 322 g/mol. The number of ether oxygens (including phenoxy) is 1. The second-order valence-corrected chi connectivity index (χ2v) is 6.31. The van der Waals surface area contributed by atoms with Gasteiger partial charge >= 0.3 is 5.97 Å². The monoisotopic (exact) mass is 345 g/mol. The molecule has 1 atom stereocenters. The molecule has 0 saturated carbocycles. The summed E-state index contributed by atoms with van der Waals surface area (Å²) >= 11 is 0. The van der Waals surface area contributed by atoms with Gasteiger partial charge in [-0.1, -0.05) is 19.9 Å². The molecule has 0 aliphatic carbocycles. The van der Waals surface area contributed by atoms with E-state index in [9.17, 15) is 14.7 Å². The van der Waals surface area contributed by atoms with Gasteiger partial charge in [0, 0.05) is 6.20 Å². The molecule has 0 bridgehead atoms. The van der Waals surface area contributed by atoms with Gasteiger partial charge in [0.15, 0.2) is 5.69 Å². The lowest BCUT2D eigenvalue weighted by molar-refractivity contribution is -0.139. The fraction of sp³-hybridized carbons (Fsp3) is 0.389. The van der Waals surface area contributed by atoms with Crippen LogP contribution >= 0.6 is 0 Å². The van der Waals surface area contributed by atoms with Gasteiger partial charge in [0.1, 0.15) is 17.5 Å². The number of carboxylic acid groups (broad SMARTS) is 1. The summed E-state index contributed by atoms with van der Waals surface area (Å²) in [4.78, 5) is 23.6. The van der Waals surface area contributed by atoms with Crippen LogP contribution in [0.25, 0.3) is 5.69 Å². The van der Waals surface area contributed by atoms with Crippen molar-refractivity contribution in [1.82, 2.24) is 15.1 Å². The van der Waals surface area contributed by atoms with Crippen LogP contribution in [0.1, 0.15) is 36.3 Å². The van der Waals surface area contributed by atoms with Crippen molar-refractivity contribution in [3.8, 4) is 11.4 Å². The molecular formula is C18H23N3O4. The minimum atomic E-state index is -1.05. The Morgan fingerprint density at radius 1 is 1.32 bits per heavy atom. The number of benzene rings is 1. The minimum Gasteiger partial charge on any atom is -0.494 e. The smallest absolute Gasteiger partial charge is 0.326 e. The Morgan fingerprint density at radius 2 is 2.04 bits per heavy atom. The van der Waals surface area contributed by atoms with Crippen LogP contribution in [-0.4, -0.2) is 39.9 Å². The molecule has 0 radical (unpaired) electrons. The van der Waals surface area contributed by atoms with E-state index in [4.69, 9.17) is 4.74 Å². The summed E-state index contributed by atoms with van der Waals surface area (Å²) in [7, 11) is 1.56. The number of amides is 1. The van der Waals surface area contributed by atoms with Crippen LogP contribution in [0, 0.1) is 12.8 Å². The number of hydrogen-bond donors (Lipinski definition) is 2. The Hall–Kier alpha value is -2.83. The molecule has 7 heteroatoms. The summed E-state index contributed by atoms with van der Waals surface area (Å²) in [5.41, 5.74) is 1.89. The molecule has 0 saturated heterocycles. The number of rotatable bonds is 7. The molecule has 134 valence electrons. The number of nitrogens with one attached hydrogen (secondary N) is 1. The maximum atomic E-state index is 12.3. The highest BCUT2D eigenvalue weighted by Crippen LogP contribution is 2.23. The van der Waals surface area contributed by atoms with Gasteiger partial charge in [0.2, 0.25) is 0 Å². The number of carboxylic acids is 1. The number of carbonyl (C=O) groups is 2. The van der Waals surface area contributed by atoms with Gasteiger partial charge < -0.3 is 15.2 Å². The zero-order valence-corrected chi connectivity index (χ0v) is 14.8. The Morgan fingerprint density at radius 3 is 2.64 bits per heavy atom. The fourth-order valence-corrected chi connectivity index (χ4v) is 2.48. The number of hydrogen-bond acceptors (Lipinski definition) is 4. The minimum absolute atomic E-state index is 0.149. The van der Waals surface area contributed by atoms with Crippen molar-refractivity contribution in [3.05, 3.63) is 41.7 Å². The van der Waals surface area contributed by atoms with E-state index in [1.807, 2.05) is 39.0 Å². The molecule has 0 unspecified atom stereocenters. The van der Waals surface area contributed by atoms with E-state index >= 15 is 0 Å².